The number of aromatic nitrogens is 2. The first-order valence-corrected chi connectivity index (χ1v) is 9.08. The van der Waals surface area contributed by atoms with E-state index >= 15 is 0 Å². The topological polar surface area (TPSA) is 62.6 Å². The second-order valence-corrected chi connectivity index (χ2v) is 6.99. The molecule has 1 aliphatic heterocycles. The number of benzene rings is 1. The van der Waals surface area contributed by atoms with Gasteiger partial charge >= 0.3 is 6.18 Å². The molecule has 2 heterocycles. The Labute approximate surface area is 161 Å². The fraction of sp³-hybridized carbons (Fsp3) is 0.421. The van der Waals surface area contributed by atoms with E-state index in [1.54, 1.807) is 0 Å². The zero-order chi connectivity index (χ0) is 20.3. The summed E-state index contributed by atoms with van der Waals surface area (Å²) in [5.41, 5.74) is 1.21. The van der Waals surface area contributed by atoms with Gasteiger partial charge in [-0.15, -0.1) is 0 Å². The molecule has 2 N–H and O–H groups in total. The molecule has 9 heteroatoms. The van der Waals surface area contributed by atoms with E-state index in [9.17, 15) is 18.0 Å². The second kappa shape index (κ2) is 8.14. The molecule has 1 aromatic heterocycles. The van der Waals surface area contributed by atoms with Crippen LogP contribution in [0.25, 0.3) is 0 Å². The Morgan fingerprint density at radius 1 is 1.14 bits per heavy atom. The van der Waals surface area contributed by atoms with E-state index in [4.69, 9.17) is 0 Å². The van der Waals surface area contributed by atoms with Crippen molar-refractivity contribution in [2.45, 2.75) is 20.0 Å². The molecule has 0 radical (unpaired) electrons. The summed E-state index contributed by atoms with van der Waals surface area (Å²) in [5.74, 6) is 0.399. The highest BCUT2D eigenvalue weighted by atomic mass is 19.4. The number of carbonyl (C=O) groups excluding carboxylic acids is 1. The molecule has 1 fully saturated rings. The number of hydrogen-bond acceptors (Lipinski definition) is 4. The summed E-state index contributed by atoms with van der Waals surface area (Å²) >= 11 is 0. The summed E-state index contributed by atoms with van der Waals surface area (Å²) in [6.07, 6.45) is -4.43. The third-order valence-corrected chi connectivity index (χ3v) is 4.61. The first-order chi connectivity index (χ1) is 13.2. The van der Waals surface area contributed by atoms with E-state index in [1.165, 1.54) is 12.1 Å². The van der Waals surface area contributed by atoms with Crippen LogP contribution in [0.2, 0.25) is 0 Å². The first-order valence-electron chi connectivity index (χ1n) is 9.08. The molecular weight excluding hydrogens is 371 g/mol. The predicted molar refractivity (Wildman–Crippen MR) is 99.4 cm³/mol. The molecule has 2 aromatic rings. The van der Waals surface area contributed by atoms with Gasteiger partial charge in [0.05, 0.1) is 31.7 Å². The van der Waals surface area contributed by atoms with Crippen LogP contribution in [0.5, 0.6) is 0 Å². The number of halogens is 3. The summed E-state index contributed by atoms with van der Waals surface area (Å²) in [6.45, 7) is 6.95. The third kappa shape index (κ3) is 5.19. The van der Waals surface area contributed by atoms with Crippen LogP contribution < -0.4 is 15.1 Å². The maximum atomic E-state index is 12.8. The van der Waals surface area contributed by atoms with Gasteiger partial charge in [-0.05, 0) is 38.1 Å². The van der Waals surface area contributed by atoms with Crippen molar-refractivity contribution in [1.29, 1.82) is 0 Å². The van der Waals surface area contributed by atoms with Crippen LogP contribution >= 0.6 is 0 Å². The smallest absolute Gasteiger partial charge is 0.330 e. The number of rotatable bonds is 4. The van der Waals surface area contributed by atoms with Crippen LogP contribution in [-0.2, 0) is 11.0 Å². The van der Waals surface area contributed by atoms with E-state index < -0.39 is 11.7 Å². The molecule has 0 unspecified atom stereocenters. The maximum absolute atomic E-state index is 12.8. The highest BCUT2D eigenvalue weighted by Gasteiger charge is 2.30. The molecule has 1 aromatic carbocycles. The molecule has 6 nitrogen and oxygen atoms in total. The van der Waals surface area contributed by atoms with E-state index in [1.807, 2.05) is 19.9 Å². The van der Waals surface area contributed by atoms with Crippen LogP contribution in [0, 0.1) is 13.8 Å². The number of hydrogen-bond donors (Lipinski definition) is 2. The van der Waals surface area contributed by atoms with Crippen molar-refractivity contribution in [1.82, 2.24) is 9.97 Å². The summed E-state index contributed by atoms with van der Waals surface area (Å²) in [5, 5.41) is 2.56. The second-order valence-electron chi connectivity index (χ2n) is 6.99. The van der Waals surface area contributed by atoms with E-state index in [0.717, 1.165) is 54.6 Å². The molecule has 1 aliphatic rings. The Balaban J connectivity index is 1.53. The molecule has 1 saturated heterocycles. The van der Waals surface area contributed by atoms with Gasteiger partial charge in [0.2, 0.25) is 5.95 Å². The minimum Gasteiger partial charge on any atom is -0.330 e. The van der Waals surface area contributed by atoms with E-state index in [-0.39, 0.29) is 18.1 Å². The molecule has 1 amide bonds. The molecule has 0 bridgehead atoms. The Hall–Kier alpha value is -2.68. The van der Waals surface area contributed by atoms with Gasteiger partial charge in [-0.25, -0.2) is 9.97 Å². The molecule has 0 spiro atoms. The molecular formula is C19H23F3N5O+. The zero-order valence-corrected chi connectivity index (χ0v) is 15.8. The summed E-state index contributed by atoms with van der Waals surface area (Å²) in [7, 11) is 0. The molecule has 3 rings (SSSR count). The Morgan fingerprint density at radius 3 is 2.39 bits per heavy atom. The van der Waals surface area contributed by atoms with Crippen LogP contribution in [0.1, 0.15) is 17.0 Å². The molecule has 0 saturated carbocycles. The van der Waals surface area contributed by atoms with Crippen molar-refractivity contribution >= 4 is 17.5 Å². The number of piperazine rings is 1. The average molecular weight is 394 g/mol. The minimum absolute atomic E-state index is 0.154. The maximum Gasteiger partial charge on any atom is 0.416 e. The highest BCUT2D eigenvalue weighted by Crippen LogP contribution is 2.30. The van der Waals surface area contributed by atoms with Crippen LogP contribution in [0.3, 0.4) is 0 Å². The first kappa shape index (κ1) is 20.1. The predicted octanol–water partition coefficient (Wildman–Crippen LogP) is 1.46. The number of nitrogens with zero attached hydrogens (tertiary/aromatic N) is 3. The lowest BCUT2D eigenvalue weighted by Crippen LogP contribution is -3.15. The monoisotopic (exact) mass is 394 g/mol. The lowest BCUT2D eigenvalue weighted by molar-refractivity contribution is -0.892. The Kier molecular flexibility index (Phi) is 5.83. The minimum atomic E-state index is -4.43. The van der Waals surface area contributed by atoms with Crippen LogP contribution in [0.15, 0.2) is 30.3 Å². The fourth-order valence-electron chi connectivity index (χ4n) is 3.25. The molecule has 150 valence electrons. The van der Waals surface area contributed by atoms with Gasteiger partial charge < -0.3 is 15.1 Å². The van der Waals surface area contributed by atoms with Crippen LogP contribution in [-0.4, -0.2) is 48.6 Å². The van der Waals surface area contributed by atoms with Crippen LogP contribution in [0.4, 0.5) is 24.8 Å². The van der Waals surface area contributed by atoms with Gasteiger partial charge in [-0.3, -0.25) is 4.79 Å². The molecule has 0 aliphatic carbocycles. The number of carbonyl (C=O) groups is 1. The number of amides is 1. The number of aryl methyl sites for hydroxylation is 2. The summed E-state index contributed by atoms with van der Waals surface area (Å²) in [6, 6.07) is 6.59. The van der Waals surface area contributed by atoms with Crippen molar-refractivity contribution in [3.63, 3.8) is 0 Å². The third-order valence-electron chi connectivity index (χ3n) is 4.61. The standard InChI is InChI=1S/C19H22F3N5O/c1-13-10-14(2)24-18(23-13)27-8-6-26(7-9-27)12-17(28)25-16-5-3-4-15(11-16)19(20,21)22/h3-5,10-11H,6-9,12H2,1-2H3,(H,25,28)/p+1. The number of quaternary nitrogens is 1. The van der Waals surface area contributed by atoms with E-state index in [0.29, 0.717) is 5.95 Å². The number of alkyl halides is 3. The average Bonchev–Trinajstić information content (AvgIpc) is 2.61. The molecule has 0 atom stereocenters. The fourth-order valence-corrected chi connectivity index (χ4v) is 3.25. The van der Waals surface area contributed by atoms with Gasteiger partial charge in [0.15, 0.2) is 6.54 Å². The quantitative estimate of drug-likeness (QED) is 0.824. The lowest BCUT2D eigenvalue weighted by atomic mass is 10.2. The number of anilines is 2. The Bertz CT molecular complexity index is 827. The van der Waals surface area contributed by atoms with Crippen molar-refractivity contribution in [3.05, 3.63) is 47.3 Å². The Morgan fingerprint density at radius 2 is 1.79 bits per heavy atom. The van der Waals surface area contributed by atoms with Gasteiger partial charge in [0, 0.05) is 17.1 Å². The van der Waals surface area contributed by atoms with Gasteiger partial charge in [-0.2, -0.15) is 13.2 Å². The van der Waals surface area contributed by atoms with Crippen molar-refractivity contribution in [2.24, 2.45) is 0 Å². The van der Waals surface area contributed by atoms with Gasteiger partial charge in [0.25, 0.3) is 5.91 Å². The van der Waals surface area contributed by atoms with Crippen molar-refractivity contribution in [2.75, 3.05) is 42.9 Å². The summed E-state index contributed by atoms with van der Waals surface area (Å²) < 4.78 is 38.3. The van der Waals surface area contributed by atoms with Crippen molar-refractivity contribution in [3.8, 4) is 0 Å². The number of nitrogens with one attached hydrogen (secondary N) is 2. The largest absolute Gasteiger partial charge is 0.416 e. The van der Waals surface area contributed by atoms with Crippen molar-refractivity contribution < 1.29 is 22.9 Å². The lowest BCUT2D eigenvalue weighted by Gasteiger charge is -2.32. The summed E-state index contributed by atoms with van der Waals surface area (Å²) in [4.78, 5) is 24.3. The highest BCUT2D eigenvalue weighted by molar-refractivity contribution is 5.91. The zero-order valence-electron chi connectivity index (χ0n) is 15.8. The molecule has 28 heavy (non-hydrogen) atoms. The van der Waals surface area contributed by atoms with E-state index in [2.05, 4.69) is 20.2 Å². The van der Waals surface area contributed by atoms with Gasteiger partial charge in [0.1, 0.15) is 0 Å². The normalized spacial score (nSPS) is 15.5. The SMILES string of the molecule is Cc1cc(C)nc(N2CC[NH+](CC(=O)Nc3cccc(C(F)(F)F)c3)CC2)n1. The van der Waals surface area contributed by atoms with Gasteiger partial charge in [-0.1, -0.05) is 6.07 Å².